The third-order valence-electron chi connectivity index (χ3n) is 7.08. The summed E-state index contributed by atoms with van der Waals surface area (Å²) in [5.41, 5.74) is 13.6. The molecule has 2 aliphatic rings. The number of alkyl halides is 3. The lowest BCUT2D eigenvalue weighted by atomic mass is 9.86. The first-order valence-corrected chi connectivity index (χ1v) is 12.1. The van der Waals surface area contributed by atoms with E-state index in [0.717, 1.165) is 51.1 Å². The normalized spacial score (nSPS) is 17.8. The van der Waals surface area contributed by atoms with Crippen molar-refractivity contribution >= 4 is 17.2 Å². The van der Waals surface area contributed by atoms with Gasteiger partial charge in [-0.15, -0.1) is 0 Å². The Kier molecular flexibility index (Phi) is 6.94. The van der Waals surface area contributed by atoms with Crippen LogP contribution in [-0.4, -0.2) is 36.3 Å². The minimum absolute atomic E-state index is 0.0214. The summed E-state index contributed by atoms with van der Waals surface area (Å²) in [7, 11) is 0. The van der Waals surface area contributed by atoms with Gasteiger partial charge in [0.15, 0.2) is 0 Å². The number of rotatable bonds is 9. The summed E-state index contributed by atoms with van der Waals surface area (Å²) in [6.45, 7) is 6.78. The number of halogens is 3. The van der Waals surface area contributed by atoms with E-state index in [-0.39, 0.29) is 28.4 Å². The smallest absolute Gasteiger partial charge is 0.394 e. The van der Waals surface area contributed by atoms with Crippen LogP contribution in [0.25, 0.3) is 11.3 Å². The second-order valence-electron chi connectivity index (χ2n) is 9.61. The fourth-order valence-corrected chi connectivity index (χ4v) is 5.06. The van der Waals surface area contributed by atoms with Crippen molar-refractivity contribution in [2.75, 3.05) is 42.7 Å². The number of pyridine rings is 2. The first kappa shape index (κ1) is 24.6. The van der Waals surface area contributed by atoms with Gasteiger partial charge in [0.2, 0.25) is 0 Å². The molecule has 0 saturated heterocycles. The van der Waals surface area contributed by atoms with Crippen molar-refractivity contribution in [1.29, 1.82) is 0 Å². The van der Waals surface area contributed by atoms with Crippen molar-refractivity contribution in [3.05, 3.63) is 29.6 Å². The Balaban J connectivity index is 1.71. The van der Waals surface area contributed by atoms with Crippen molar-refractivity contribution in [2.45, 2.75) is 64.5 Å². The second kappa shape index (κ2) is 9.60. The Bertz CT molecular complexity index is 1020. The van der Waals surface area contributed by atoms with Crippen LogP contribution in [-0.2, 0) is 10.9 Å². The monoisotopic (exact) mass is 477 g/mol. The molecule has 2 aromatic heterocycles. The number of nitrogens with two attached hydrogens (primary N) is 2. The molecule has 4 N–H and O–H groups in total. The van der Waals surface area contributed by atoms with Gasteiger partial charge in [-0.3, -0.25) is 4.98 Å². The summed E-state index contributed by atoms with van der Waals surface area (Å²) in [5, 5.41) is 0. The molecule has 4 rings (SSSR count). The first-order valence-electron chi connectivity index (χ1n) is 12.1. The van der Waals surface area contributed by atoms with Gasteiger partial charge in [-0.25, -0.2) is 4.98 Å². The average molecular weight is 478 g/mol. The molecule has 0 unspecified atom stereocenters. The van der Waals surface area contributed by atoms with E-state index in [9.17, 15) is 13.2 Å². The molecule has 0 amide bonds. The molecule has 0 bridgehead atoms. The third-order valence-corrected chi connectivity index (χ3v) is 7.08. The van der Waals surface area contributed by atoms with Gasteiger partial charge in [0, 0.05) is 42.8 Å². The van der Waals surface area contributed by atoms with Crippen LogP contribution >= 0.6 is 0 Å². The Labute approximate surface area is 198 Å². The van der Waals surface area contributed by atoms with E-state index in [4.69, 9.17) is 16.2 Å². The quantitative estimate of drug-likeness (QED) is 0.487. The van der Waals surface area contributed by atoms with E-state index in [1.54, 1.807) is 6.07 Å². The molecule has 6 nitrogen and oxygen atoms in total. The van der Waals surface area contributed by atoms with Gasteiger partial charge in [-0.2, -0.15) is 13.2 Å². The van der Waals surface area contributed by atoms with Gasteiger partial charge in [0.1, 0.15) is 5.82 Å². The minimum atomic E-state index is -4.48. The molecule has 0 aliphatic heterocycles. The van der Waals surface area contributed by atoms with Crippen molar-refractivity contribution < 1.29 is 17.9 Å². The van der Waals surface area contributed by atoms with E-state index in [0.29, 0.717) is 36.8 Å². The van der Waals surface area contributed by atoms with Crippen LogP contribution in [0.2, 0.25) is 0 Å². The summed E-state index contributed by atoms with van der Waals surface area (Å²) in [4.78, 5) is 10.7. The van der Waals surface area contributed by atoms with E-state index in [1.807, 2.05) is 13.8 Å². The van der Waals surface area contributed by atoms with Gasteiger partial charge in [0.05, 0.1) is 34.9 Å². The Morgan fingerprint density at radius 3 is 2.44 bits per heavy atom. The number of nitrogens with zero attached hydrogens (tertiary/aromatic N) is 3. The second-order valence-corrected chi connectivity index (χ2v) is 9.61. The van der Waals surface area contributed by atoms with Crippen molar-refractivity contribution in [2.24, 2.45) is 5.41 Å². The molecule has 2 aliphatic carbocycles. The molecule has 2 saturated carbocycles. The van der Waals surface area contributed by atoms with Gasteiger partial charge in [-0.1, -0.05) is 12.8 Å². The zero-order chi connectivity index (χ0) is 24.5. The van der Waals surface area contributed by atoms with Crippen LogP contribution in [0.5, 0.6) is 0 Å². The lowest BCUT2D eigenvalue weighted by molar-refractivity contribution is -0.138. The van der Waals surface area contributed by atoms with Crippen molar-refractivity contribution in [1.82, 2.24) is 9.97 Å². The number of ether oxygens (including phenoxy) is 1. The highest BCUT2D eigenvalue weighted by Gasteiger charge is 2.40. The van der Waals surface area contributed by atoms with Gasteiger partial charge in [-0.05, 0) is 51.7 Å². The summed E-state index contributed by atoms with van der Waals surface area (Å²) in [6, 6.07) is 2.89. The van der Waals surface area contributed by atoms with Gasteiger partial charge >= 0.3 is 6.18 Å². The SMILES string of the molecule is CCOCC1(CN(CC)c2cc(-c3cnc(C4CC4)c(C(F)(F)F)c3)nc(N)c2N)CCCC1. The third kappa shape index (κ3) is 5.09. The summed E-state index contributed by atoms with van der Waals surface area (Å²) in [6.07, 6.45) is 2.91. The zero-order valence-electron chi connectivity index (χ0n) is 19.9. The number of nitrogen functional groups attached to an aromatic ring is 2. The van der Waals surface area contributed by atoms with Gasteiger partial charge in [0.25, 0.3) is 0 Å². The van der Waals surface area contributed by atoms with Crippen LogP contribution in [0.3, 0.4) is 0 Å². The van der Waals surface area contributed by atoms with Crippen molar-refractivity contribution in [3.63, 3.8) is 0 Å². The number of hydrogen-bond acceptors (Lipinski definition) is 6. The molecule has 2 heterocycles. The maximum atomic E-state index is 13.8. The molecule has 34 heavy (non-hydrogen) atoms. The largest absolute Gasteiger partial charge is 0.418 e. The molecule has 2 fully saturated rings. The topological polar surface area (TPSA) is 90.3 Å². The Morgan fingerprint density at radius 2 is 1.85 bits per heavy atom. The van der Waals surface area contributed by atoms with Crippen LogP contribution in [0.1, 0.15) is 69.5 Å². The molecule has 9 heteroatoms. The predicted octanol–water partition coefficient (Wildman–Crippen LogP) is 5.63. The average Bonchev–Trinajstić information content (AvgIpc) is 3.56. The van der Waals surface area contributed by atoms with Crippen LogP contribution in [0.4, 0.5) is 30.4 Å². The maximum Gasteiger partial charge on any atom is 0.418 e. The minimum Gasteiger partial charge on any atom is -0.394 e. The van der Waals surface area contributed by atoms with Gasteiger partial charge < -0.3 is 21.1 Å². The molecule has 0 aromatic carbocycles. The fourth-order valence-electron chi connectivity index (χ4n) is 5.06. The number of anilines is 3. The fraction of sp³-hybridized carbons (Fsp3) is 0.600. The van der Waals surface area contributed by atoms with Crippen LogP contribution < -0.4 is 16.4 Å². The molecule has 2 aromatic rings. The standard InChI is InChI=1S/C25H34F3N5O/c1-3-33(14-24(15-34-4-2)9-5-6-10-24)20-12-19(32-23(30)21(20)29)17-11-18(25(26,27)28)22(31-13-17)16-7-8-16/h11-13,16H,3-10,14-15,29H2,1-2H3,(H2,30,32). The number of aromatic nitrogens is 2. The first-order chi connectivity index (χ1) is 16.2. The molecule has 0 spiro atoms. The number of hydrogen-bond donors (Lipinski definition) is 2. The maximum absolute atomic E-state index is 13.8. The molecular formula is C25H34F3N5O. The lowest BCUT2D eigenvalue weighted by Gasteiger charge is -2.36. The molecule has 0 radical (unpaired) electrons. The van der Waals surface area contributed by atoms with E-state index < -0.39 is 11.7 Å². The molecular weight excluding hydrogens is 443 g/mol. The molecule has 186 valence electrons. The highest BCUT2D eigenvalue weighted by molar-refractivity contribution is 5.82. The predicted molar refractivity (Wildman–Crippen MR) is 129 cm³/mol. The van der Waals surface area contributed by atoms with E-state index in [1.165, 1.54) is 6.20 Å². The summed E-state index contributed by atoms with van der Waals surface area (Å²) in [5.74, 6) is -0.00901. The highest BCUT2D eigenvalue weighted by atomic mass is 19.4. The van der Waals surface area contributed by atoms with E-state index >= 15 is 0 Å². The highest BCUT2D eigenvalue weighted by Crippen LogP contribution is 2.46. The summed E-state index contributed by atoms with van der Waals surface area (Å²) < 4.78 is 47.2. The summed E-state index contributed by atoms with van der Waals surface area (Å²) >= 11 is 0. The Morgan fingerprint density at radius 1 is 1.15 bits per heavy atom. The Hall–Kier alpha value is -2.55. The van der Waals surface area contributed by atoms with Crippen LogP contribution in [0, 0.1) is 5.41 Å². The zero-order valence-corrected chi connectivity index (χ0v) is 19.9. The molecule has 0 atom stereocenters. The lowest BCUT2D eigenvalue weighted by Crippen LogP contribution is -2.39. The van der Waals surface area contributed by atoms with Crippen LogP contribution in [0.15, 0.2) is 18.3 Å². The van der Waals surface area contributed by atoms with Crippen molar-refractivity contribution in [3.8, 4) is 11.3 Å². The van der Waals surface area contributed by atoms with E-state index in [2.05, 4.69) is 14.9 Å².